The maximum Gasteiger partial charge on any atom is 0.0897 e. The third-order valence-corrected chi connectivity index (χ3v) is 4.20. The summed E-state index contributed by atoms with van der Waals surface area (Å²) in [6.45, 7) is 2.00. The minimum Gasteiger partial charge on any atom is -0.324 e. The van der Waals surface area contributed by atoms with Gasteiger partial charge in [-0.3, -0.25) is 0 Å². The molecule has 0 saturated heterocycles. The van der Waals surface area contributed by atoms with E-state index in [0.29, 0.717) is 5.02 Å². The number of hydrogen-bond acceptors (Lipinski definition) is 3. The monoisotopic (exact) mass is 330 g/mol. The SMILES string of the molecule is Cc1nc(CC(N)c2ccc(Cl)cc2Br)cs1. The van der Waals surface area contributed by atoms with E-state index in [1.165, 1.54) is 0 Å². The number of nitrogens with zero attached hydrogens (tertiary/aromatic N) is 1. The van der Waals surface area contributed by atoms with Crippen molar-refractivity contribution < 1.29 is 0 Å². The topological polar surface area (TPSA) is 38.9 Å². The van der Waals surface area contributed by atoms with Gasteiger partial charge >= 0.3 is 0 Å². The van der Waals surface area contributed by atoms with Crippen molar-refractivity contribution in [3.05, 3.63) is 49.3 Å². The first-order valence-electron chi connectivity index (χ1n) is 5.18. The van der Waals surface area contributed by atoms with Gasteiger partial charge < -0.3 is 5.73 Å². The summed E-state index contributed by atoms with van der Waals surface area (Å²) in [4.78, 5) is 4.42. The van der Waals surface area contributed by atoms with Crippen molar-refractivity contribution in [3.63, 3.8) is 0 Å². The van der Waals surface area contributed by atoms with Gasteiger partial charge in [-0.25, -0.2) is 4.98 Å². The number of nitrogens with two attached hydrogens (primary N) is 1. The third kappa shape index (κ3) is 3.28. The van der Waals surface area contributed by atoms with Gasteiger partial charge in [-0.05, 0) is 24.6 Å². The van der Waals surface area contributed by atoms with Crippen LogP contribution in [0.1, 0.15) is 22.3 Å². The van der Waals surface area contributed by atoms with Crippen molar-refractivity contribution in [3.8, 4) is 0 Å². The van der Waals surface area contributed by atoms with Crippen LogP contribution in [-0.2, 0) is 6.42 Å². The fraction of sp³-hybridized carbons (Fsp3) is 0.250. The van der Waals surface area contributed by atoms with E-state index in [2.05, 4.69) is 26.3 Å². The van der Waals surface area contributed by atoms with Gasteiger partial charge in [0.25, 0.3) is 0 Å². The Labute approximate surface area is 118 Å². The second-order valence-corrected chi connectivity index (χ2v) is 6.19. The predicted octanol–water partition coefficient (Wildman–Crippen LogP) is 4.11. The lowest BCUT2D eigenvalue weighted by Gasteiger charge is -2.12. The number of rotatable bonds is 3. The lowest BCUT2D eigenvalue weighted by molar-refractivity contribution is 0.706. The summed E-state index contributed by atoms with van der Waals surface area (Å²) in [7, 11) is 0. The Kier molecular flexibility index (Phi) is 4.20. The first kappa shape index (κ1) is 13.0. The Morgan fingerprint density at radius 3 is 2.88 bits per heavy atom. The van der Waals surface area contributed by atoms with E-state index in [0.717, 1.165) is 27.2 Å². The molecule has 2 nitrogen and oxygen atoms in total. The van der Waals surface area contributed by atoms with Crippen molar-refractivity contribution in [1.29, 1.82) is 0 Å². The number of aromatic nitrogens is 1. The third-order valence-electron chi connectivity index (χ3n) is 2.46. The molecule has 1 unspecified atom stereocenters. The fourth-order valence-corrected chi connectivity index (χ4v) is 3.24. The highest BCUT2D eigenvalue weighted by Crippen LogP contribution is 2.27. The van der Waals surface area contributed by atoms with Gasteiger partial charge in [0.2, 0.25) is 0 Å². The largest absolute Gasteiger partial charge is 0.324 e. The number of hydrogen-bond donors (Lipinski definition) is 1. The number of thiazole rings is 1. The van der Waals surface area contributed by atoms with E-state index in [4.69, 9.17) is 17.3 Å². The zero-order valence-corrected chi connectivity index (χ0v) is 12.4. The smallest absolute Gasteiger partial charge is 0.0897 e. The van der Waals surface area contributed by atoms with Gasteiger partial charge in [0.05, 0.1) is 10.7 Å². The van der Waals surface area contributed by atoms with Crippen LogP contribution in [0.2, 0.25) is 5.02 Å². The maximum atomic E-state index is 6.18. The number of halogens is 2. The molecule has 90 valence electrons. The highest BCUT2D eigenvalue weighted by atomic mass is 79.9. The molecule has 5 heteroatoms. The molecular formula is C12H12BrClN2S. The molecule has 0 saturated carbocycles. The van der Waals surface area contributed by atoms with Crippen LogP contribution < -0.4 is 5.73 Å². The maximum absolute atomic E-state index is 6.18. The summed E-state index contributed by atoms with van der Waals surface area (Å²) in [5, 5.41) is 3.83. The summed E-state index contributed by atoms with van der Waals surface area (Å²) < 4.78 is 0.949. The van der Waals surface area contributed by atoms with Crippen molar-refractivity contribution in [2.24, 2.45) is 5.73 Å². The van der Waals surface area contributed by atoms with E-state index in [1.807, 2.05) is 25.1 Å². The van der Waals surface area contributed by atoms with Crippen LogP contribution in [-0.4, -0.2) is 4.98 Å². The van der Waals surface area contributed by atoms with Crippen molar-refractivity contribution in [1.82, 2.24) is 4.98 Å². The first-order chi connectivity index (χ1) is 8.06. The van der Waals surface area contributed by atoms with Gasteiger partial charge in [-0.1, -0.05) is 33.6 Å². The van der Waals surface area contributed by atoms with E-state index in [-0.39, 0.29) is 6.04 Å². The molecule has 2 aromatic rings. The molecule has 17 heavy (non-hydrogen) atoms. The second kappa shape index (κ2) is 5.48. The molecule has 0 spiro atoms. The summed E-state index contributed by atoms with van der Waals surface area (Å²) in [5.74, 6) is 0. The minimum atomic E-state index is -0.0665. The van der Waals surface area contributed by atoms with Gasteiger partial charge in [0, 0.05) is 27.3 Å². The molecule has 0 fully saturated rings. The summed E-state index contributed by atoms with van der Waals surface area (Å²) in [6, 6.07) is 5.61. The Hall–Kier alpha value is -0.420. The van der Waals surface area contributed by atoms with Crippen LogP contribution in [0.3, 0.4) is 0 Å². The predicted molar refractivity (Wildman–Crippen MR) is 76.6 cm³/mol. The number of benzene rings is 1. The molecule has 0 aliphatic rings. The Morgan fingerprint density at radius 2 is 2.29 bits per heavy atom. The summed E-state index contributed by atoms with van der Waals surface area (Å²) in [6.07, 6.45) is 0.741. The molecule has 0 amide bonds. The second-order valence-electron chi connectivity index (χ2n) is 3.83. The number of aryl methyl sites for hydroxylation is 1. The van der Waals surface area contributed by atoms with Gasteiger partial charge in [0.1, 0.15) is 0 Å². The highest BCUT2D eigenvalue weighted by Gasteiger charge is 2.12. The highest BCUT2D eigenvalue weighted by molar-refractivity contribution is 9.10. The van der Waals surface area contributed by atoms with E-state index >= 15 is 0 Å². The quantitative estimate of drug-likeness (QED) is 0.919. The zero-order chi connectivity index (χ0) is 12.4. The molecule has 1 atom stereocenters. The van der Waals surface area contributed by atoms with Crippen molar-refractivity contribution in [2.45, 2.75) is 19.4 Å². The Morgan fingerprint density at radius 1 is 1.53 bits per heavy atom. The van der Waals surface area contributed by atoms with Crippen LogP contribution in [0.25, 0.3) is 0 Å². The molecule has 2 rings (SSSR count). The van der Waals surface area contributed by atoms with Crippen molar-refractivity contribution >= 4 is 38.9 Å². The molecule has 0 radical (unpaired) electrons. The van der Waals surface area contributed by atoms with Crippen LogP contribution >= 0.6 is 38.9 Å². The zero-order valence-electron chi connectivity index (χ0n) is 9.28. The molecule has 1 aromatic heterocycles. The molecule has 0 aliphatic heterocycles. The van der Waals surface area contributed by atoms with Gasteiger partial charge in [-0.2, -0.15) is 0 Å². The molecule has 2 N–H and O–H groups in total. The van der Waals surface area contributed by atoms with Crippen LogP contribution in [0.4, 0.5) is 0 Å². The fourth-order valence-electron chi connectivity index (χ4n) is 1.64. The van der Waals surface area contributed by atoms with Gasteiger partial charge in [0.15, 0.2) is 0 Å². The van der Waals surface area contributed by atoms with E-state index in [1.54, 1.807) is 11.3 Å². The van der Waals surface area contributed by atoms with E-state index < -0.39 is 0 Å². The minimum absolute atomic E-state index is 0.0665. The molecule has 1 heterocycles. The standard InChI is InChI=1S/C12H12BrClN2S/c1-7-16-9(6-17-7)5-12(15)10-3-2-8(14)4-11(10)13/h2-4,6,12H,5,15H2,1H3. The lowest BCUT2D eigenvalue weighted by Crippen LogP contribution is -2.14. The molecule has 1 aromatic carbocycles. The van der Waals surface area contributed by atoms with Crippen LogP contribution in [0.15, 0.2) is 28.1 Å². The Bertz CT molecular complexity index is 527. The van der Waals surface area contributed by atoms with Crippen LogP contribution in [0.5, 0.6) is 0 Å². The average Bonchev–Trinajstić information content (AvgIpc) is 2.63. The molecular weight excluding hydrogens is 320 g/mol. The Balaban J connectivity index is 2.17. The normalized spacial score (nSPS) is 12.7. The summed E-state index contributed by atoms with van der Waals surface area (Å²) >= 11 is 11.0. The van der Waals surface area contributed by atoms with E-state index in [9.17, 15) is 0 Å². The lowest BCUT2D eigenvalue weighted by atomic mass is 10.0. The van der Waals surface area contributed by atoms with Crippen molar-refractivity contribution in [2.75, 3.05) is 0 Å². The molecule has 0 bridgehead atoms. The summed E-state index contributed by atoms with van der Waals surface area (Å²) in [5.41, 5.74) is 8.28. The average molecular weight is 332 g/mol. The van der Waals surface area contributed by atoms with Gasteiger partial charge in [-0.15, -0.1) is 11.3 Å². The first-order valence-corrected chi connectivity index (χ1v) is 7.23. The van der Waals surface area contributed by atoms with Crippen LogP contribution in [0, 0.1) is 6.92 Å². The molecule has 0 aliphatic carbocycles.